The van der Waals surface area contributed by atoms with Gasteiger partial charge in [0.25, 0.3) is 5.91 Å². The van der Waals surface area contributed by atoms with Crippen LogP contribution in [0.4, 0.5) is 18.9 Å². The summed E-state index contributed by atoms with van der Waals surface area (Å²) < 4.78 is 40.1. The van der Waals surface area contributed by atoms with Gasteiger partial charge in [0.1, 0.15) is 6.54 Å². The second-order valence-electron chi connectivity index (χ2n) is 4.00. The first kappa shape index (κ1) is 15.8. The van der Waals surface area contributed by atoms with Crippen LogP contribution in [0.5, 0.6) is 0 Å². The van der Waals surface area contributed by atoms with Gasteiger partial charge in [0.15, 0.2) is 6.61 Å². The number of carbonyl (C=O) groups excluding carboxylic acids is 2. The summed E-state index contributed by atoms with van der Waals surface area (Å²) in [5, 5.41) is 1.58. The summed E-state index contributed by atoms with van der Waals surface area (Å²) in [6.45, 7) is -0.597. The molecule has 0 fully saturated rings. The first-order valence-electron chi connectivity index (χ1n) is 5.56. The fourth-order valence-corrected chi connectivity index (χ4v) is 1.32. The average Bonchev–Trinajstić information content (AvgIpc) is 2.36. The lowest BCUT2D eigenvalue weighted by atomic mass is 10.1. The van der Waals surface area contributed by atoms with Gasteiger partial charge in [0, 0.05) is 5.69 Å². The molecule has 110 valence electrons. The molecule has 0 aliphatic heterocycles. The quantitative estimate of drug-likeness (QED) is 0.649. The molecule has 0 heterocycles. The van der Waals surface area contributed by atoms with Crippen LogP contribution in [0.25, 0.3) is 0 Å². The molecule has 0 unspecified atom stereocenters. The number of halogens is 3. The van der Waals surface area contributed by atoms with Crippen LogP contribution in [0, 0.1) is 6.92 Å². The van der Waals surface area contributed by atoms with Crippen molar-refractivity contribution < 1.29 is 27.5 Å². The van der Waals surface area contributed by atoms with Crippen LogP contribution < -0.4 is 11.1 Å². The van der Waals surface area contributed by atoms with E-state index in [4.69, 9.17) is 5.73 Å². The minimum atomic E-state index is -4.51. The summed E-state index contributed by atoms with van der Waals surface area (Å²) in [5.74, 6) is -1.91. The SMILES string of the molecule is Cc1cccc(C(=O)OCC(=O)NCC(F)(F)F)c1N. The van der Waals surface area contributed by atoms with Gasteiger partial charge in [-0.25, -0.2) is 4.79 Å². The van der Waals surface area contributed by atoms with Gasteiger partial charge in [0.2, 0.25) is 0 Å². The molecule has 5 nitrogen and oxygen atoms in total. The third kappa shape index (κ3) is 4.79. The van der Waals surface area contributed by atoms with Crippen LogP contribution in [0.3, 0.4) is 0 Å². The highest BCUT2D eigenvalue weighted by Gasteiger charge is 2.27. The summed E-state index contributed by atoms with van der Waals surface area (Å²) in [5.41, 5.74) is 6.57. The maximum absolute atomic E-state index is 11.8. The van der Waals surface area contributed by atoms with Crippen LogP contribution in [-0.2, 0) is 9.53 Å². The fraction of sp³-hybridized carbons (Fsp3) is 0.333. The molecule has 1 amide bonds. The number of alkyl halides is 3. The minimum absolute atomic E-state index is 0.0635. The Morgan fingerprint density at radius 1 is 1.35 bits per heavy atom. The molecule has 0 spiro atoms. The van der Waals surface area contributed by atoms with Crippen molar-refractivity contribution in [1.82, 2.24) is 5.32 Å². The zero-order chi connectivity index (χ0) is 15.3. The normalized spacial score (nSPS) is 11.0. The van der Waals surface area contributed by atoms with Crippen LogP contribution in [-0.4, -0.2) is 31.2 Å². The molecule has 0 aromatic heterocycles. The van der Waals surface area contributed by atoms with E-state index < -0.39 is 31.2 Å². The van der Waals surface area contributed by atoms with Crippen molar-refractivity contribution in [2.45, 2.75) is 13.1 Å². The van der Waals surface area contributed by atoms with E-state index in [1.807, 2.05) is 0 Å². The van der Waals surface area contributed by atoms with Gasteiger partial charge < -0.3 is 15.8 Å². The Balaban J connectivity index is 2.51. The number of esters is 1. The summed E-state index contributed by atoms with van der Waals surface area (Å²) in [6, 6.07) is 4.66. The number of rotatable bonds is 4. The first-order valence-corrected chi connectivity index (χ1v) is 5.56. The average molecular weight is 290 g/mol. The van der Waals surface area contributed by atoms with Gasteiger partial charge in [-0.3, -0.25) is 4.79 Å². The Morgan fingerprint density at radius 3 is 2.60 bits per heavy atom. The van der Waals surface area contributed by atoms with Crippen LogP contribution in [0.15, 0.2) is 18.2 Å². The standard InChI is InChI=1S/C12H13F3N2O3/c1-7-3-2-4-8(10(7)16)11(19)20-5-9(18)17-6-12(13,14)15/h2-4H,5-6,16H2,1H3,(H,17,18). The third-order valence-corrected chi connectivity index (χ3v) is 2.36. The number of aryl methyl sites for hydroxylation is 1. The van der Waals surface area contributed by atoms with Crippen molar-refractivity contribution >= 4 is 17.6 Å². The molecule has 0 aliphatic carbocycles. The molecule has 1 aromatic rings. The highest BCUT2D eigenvalue weighted by molar-refractivity contribution is 5.96. The number of benzene rings is 1. The minimum Gasteiger partial charge on any atom is -0.452 e. The molecule has 0 saturated heterocycles. The largest absolute Gasteiger partial charge is 0.452 e. The Labute approximate surface area is 112 Å². The molecule has 1 rings (SSSR count). The summed E-state index contributed by atoms with van der Waals surface area (Å²) >= 11 is 0. The highest BCUT2D eigenvalue weighted by atomic mass is 19.4. The van der Waals surface area contributed by atoms with Crippen molar-refractivity contribution in [2.75, 3.05) is 18.9 Å². The topological polar surface area (TPSA) is 81.4 Å². The maximum atomic E-state index is 11.8. The maximum Gasteiger partial charge on any atom is 0.405 e. The number of ether oxygens (including phenoxy) is 1. The number of hydrogen-bond acceptors (Lipinski definition) is 4. The molecular weight excluding hydrogens is 277 g/mol. The Morgan fingerprint density at radius 2 is 2.00 bits per heavy atom. The second kappa shape index (κ2) is 6.27. The number of anilines is 1. The van der Waals surface area contributed by atoms with Crippen LogP contribution in [0.1, 0.15) is 15.9 Å². The van der Waals surface area contributed by atoms with Crippen LogP contribution in [0.2, 0.25) is 0 Å². The lowest BCUT2D eigenvalue weighted by Crippen LogP contribution is -2.36. The predicted octanol–water partition coefficient (Wildman–Crippen LogP) is 1.41. The first-order chi connectivity index (χ1) is 9.20. The fourth-order valence-electron chi connectivity index (χ4n) is 1.32. The lowest BCUT2D eigenvalue weighted by Gasteiger charge is -2.10. The smallest absolute Gasteiger partial charge is 0.405 e. The Hall–Kier alpha value is -2.25. The zero-order valence-electron chi connectivity index (χ0n) is 10.6. The number of nitrogen functional groups attached to an aromatic ring is 1. The molecule has 0 bridgehead atoms. The molecule has 1 aromatic carbocycles. The van der Waals surface area contributed by atoms with Gasteiger partial charge in [-0.15, -0.1) is 0 Å². The van der Waals surface area contributed by atoms with E-state index >= 15 is 0 Å². The number of nitrogens with two attached hydrogens (primary N) is 1. The molecule has 3 N–H and O–H groups in total. The molecule has 0 aliphatic rings. The molecule has 20 heavy (non-hydrogen) atoms. The van der Waals surface area contributed by atoms with E-state index in [9.17, 15) is 22.8 Å². The Kier molecular flexibility index (Phi) is 4.95. The summed E-state index contributed by atoms with van der Waals surface area (Å²) in [7, 11) is 0. The van der Waals surface area contributed by atoms with E-state index in [1.54, 1.807) is 24.4 Å². The highest BCUT2D eigenvalue weighted by Crippen LogP contribution is 2.17. The van der Waals surface area contributed by atoms with Gasteiger partial charge in [-0.1, -0.05) is 12.1 Å². The molecule has 0 atom stereocenters. The number of carbonyl (C=O) groups is 2. The Bertz CT molecular complexity index is 515. The number of hydrogen-bond donors (Lipinski definition) is 2. The summed E-state index contributed by atoms with van der Waals surface area (Å²) in [6.07, 6.45) is -4.51. The zero-order valence-corrected chi connectivity index (χ0v) is 10.6. The van der Waals surface area contributed by atoms with E-state index in [2.05, 4.69) is 4.74 Å². The monoisotopic (exact) mass is 290 g/mol. The second-order valence-corrected chi connectivity index (χ2v) is 4.00. The van der Waals surface area contributed by atoms with Crippen molar-refractivity contribution in [3.8, 4) is 0 Å². The lowest BCUT2D eigenvalue weighted by molar-refractivity contribution is -0.140. The van der Waals surface area contributed by atoms with Crippen molar-refractivity contribution in [3.63, 3.8) is 0 Å². The number of para-hydroxylation sites is 1. The van der Waals surface area contributed by atoms with Gasteiger partial charge >= 0.3 is 12.1 Å². The number of amides is 1. The summed E-state index contributed by atoms with van der Waals surface area (Å²) in [4.78, 5) is 22.7. The predicted molar refractivity (Wildman–Crippen MR) is 64.9 cm³/mol. The third-order valence-electron chi connectivity index (χ3n) is 2.36. The van der Waals surface area contributed by atoms with Crippen LogP contribution >= 0.6 is 0 Å². The van der Waals surface area contributed by atoms with E-state index in [0.29, 0.717) is 5.56 Å². The van der Waals surface area contributed by atoms with Gasteiger partial charge in [-0.05, 0) is 18.6 Å². The van der Waals surface area contributed by atoms with Crippen molar-refractivity contribution in [2.24, 2.45) is 0 Å². The van der Waals surface area contributed by atoms with Gasteiger partial charge in [-0.2, -0.15) is 13.2 Å². The molecule has 0 saturated carbocycles. The molecular formula is C12H13F3N2O3. The van der Waals surface area contributed by atoms with Crippen molar-refractivity contribution in [3.05, 3.63) is 29.3 Å². The van der Waals surface area contributed by atoms with Crippen molar-refractivity contribution in [1.29, 1.82) is 0 Å². The van der Waals surface area contributed by atoms with E-state index in [1.165, 1.54) is 6.07 Å². The molecule has 8 heteroatoms. The van der Waals surface area contributed by atoms with E-state index in [-0.39, 0.29) is 11.3 Å². The number of nitrogens with one attached hydrogen (secondary N) is 1. The molecule has 0 radical (unpaired) electrons. The van der Waals surface area contributed by atoms with Gasteiger partial charge in [0.05, 0.1) is 5.56 Å². The van der Waals surface area contributed by atoms with E-state index in [0.717, 1.165) is 0 Å².